The first-order valence-electron chi connectivity index (χ1n) is 8.48. The molecule has 0 aliphatic carbocycles. The van der Waals surface area contributed by atoms with Gasteiger partial charge in [-0.25, -0.2) is 4.68 Å². The smallest absolute Gasteiger partial charge is 0.291 e. The topological polar surface area (TPSA) is 98.1 Å². The second-order valence-electron chi connectivity index (χ2n) is 5.95. The summed E-state index contributed by atoms with van der Waals surface area (Å²) in [5.74, 6) is -0.528. The molecule has 3 rings (SSSR count). The van der Waals surface area contributed by atoms with Gasteiger partial charge in [-0.1, -0.05) is 57.5 Å². The molecule has 1 atom stereocenters. The van der Waals surface area contributed by atoms with Crippen molar-refractivity contribution in [2.45, 2.75) is 19.6 Å². The minimum atomic E-state index is -0.802. The molecule has 0 fully saturated rings. The van der Waals surface area contributed by atoms with Crippen molar-refractivity contribution in [2.24, 2.45) is 0 Å². The van der Waals surface area contributed by atoms with Crippen LogP contribution in [0.3, 0.4) is 0 Å². The average molecular weight is 444 g/mol. The van der Waals surface area contributed by atoms with E-state index < -0.39 is 17.9 Å². The lowest BCUT2D eigenvalue weighted by Crippen LogP contribution is -2.47. The lowest BCUT2D eigenvalue weighted by atomic mass is 10.2. The Morgan fingerprint density at radius 3 is 2.68 bits per heavy atom. The van der Waals surface area contributed by atoms with Crippen LogP contribution < -0.4 is 15.6 Å². The van der Waals surface area contributed by atoms with Crippen LogP contribution in [0.25, 0.3) is 0 Å². The predicted octanol–water partition coefficient (Wildman–Crippen LogP) is 2.32. The Balaban J connectivity index is 1.50. The molecule has 144 valence electrons. The van der Waals surface area contributed by atoms with E-state index in [0.717, 1.165) is 10.0 Å². The van der Waals surface area contributed by atoms with E-state index in [9.17, 15) is 9.59 Å². The van der Waals surface area contributed by atoms with E-state index in [0.29, 0.717) is 12.3 Å². The maximum atomic E-state index is 12.2. The van der Waals surface area contributed by atoms with Gasteiger partial charge in [0.25, 0.3) is 11.8 Å². The molecule has 0 bridgehead atoms. The van der Waals surface area contributed by atoms with E-state index in [1.54, 1.807) is 29.8 Å². The number of benzene rings is 2. The molecule has 9 heteroatoms. The normalized spacial score (nSPS) is 11.5. The second-order valence-corrected chi connectivity index (χ2v) is 6.86. The van der Waals surface area contributed by atoms with Gasteiger partial charge in [-0.2, -0.15) is 0 Å². The van der Waals surface area contributed by atoms with Gasteiger partial charge in [-0.3, -0.25) is 20.4 Å². The van der Waals surface area contributed by atoms with E-state index in [1.165, 1.54) is 6.20 Å². The number of halogens is 1. The summed E-state index contributed by atoms with van der Waals surface area (Å²) in [5.41, 5.74) is 5.76. The maximum absolute atomic E-state index is 12.2. The molecule has 0 aliphatic heterocycles. The van der Waals surface area contributed by atoms with Crippen LogP contribution in [0.1, 0.15) is 23.0 Å². The Kier molecular flexibility index (Phi) is 6.38. The molecule has 2 N–H and O–H groups in total. The largest absolute Gasteiger partial charge is 0.481 e. The predicted molar refractivity (Wildman–Crippen MR) is 105 cm³/mol. The quantitative estimate of drug-likeness (QED) is 0.569. The third-order valence-electron chi connectivity index (χ3n) is 3.74. The van der Waals surface area contributed by atoms with Crippen LogP contribution in [0.5, 0.6) is 5.75 Å². The van der Waals surface area contributed by atoms with E-state index in [-0.39, 0.29) is 5.69 Å². The molecular formula is C19H18BrN5O3. The summed E-state index contributed by atoms with van der Waals surface area (Å²) >= 11 is 3.34. The fraction of sp³-hybridized carbons (Fsp3) is 0.158. The first-order valence-corrected chi connectivity index (χ1v) is 9.27. The highest BCUT2D eigenvalue weighted by molar-refractivity contribution is 9.10. The summed E-state index contributed by atoms with van der Waals surface area (Å²) in [6.07, 6.45) is 0.707. The van der Waals surface area contributed by atoms with E-state index in [1.807, 2.05) is 36.4 Å². The molecule has 1 unspecified atom stereocenters. The molecule has 28 heavy (non-hydrogen) atoms. The van der Waals surface area contributed by atoms with Crippen LogP contribution in [-0.2, 0) is 11.3 Å². The van der Waals surface area contributed by atoms with Crippen molar-refractivity contribution in [3.05, 3.63) is 76.5 Å². The van der Waals surface area contributed by atoms with Gasteiger partial charge in [0, 0.05) is 4.47 Å². The molecule has 8 nitrogen and oxygen atoms in total. The highest BCUT2D eigenvalue weighted by Crippen LogP contribution is 2.18. The number of hydrazine groups is 1. The van der Waals surface area contributed by atoms with Gasteiger partial charge in [0.1, 0.15) is 5.75 Å². The molecular weight excluding hydrogens is 426 g/mol. The van der Waals surface area contributed by atoms with Crippen molar-refractivity contribution < 1.29 is 14.3 Å². The third kappa shape index (κ3) is 5.40. The minimum Gasteiger partial charge on any atom is -0.481 e. The van der Waals surface area contributed by atoms with Gasteiger partial charge in [0.05, 0.1) is 12.7 Å². The highest BCUT2D eigenvalue weighted by atomic mass is 79.9. The summed E-state index contributed by atoms with van der Waals surface area (Å²) in [6.45, 7) is 2.07. The van der Waals surface area contributed by atoms with Crippen molar-refractivity contribution in [3.63, 3.8) is 0 Å². The number of aromatic nitrogens is 3. The number of carbonyl (C=O) groups excluding carboxylic acids is 2. The molecule has 1 aromatic heterocycles. The SMILES string of the molecule is CC(Oc1cccc(Br)c1)C(=O)NNC(=O)c1cn(Cc2ccccc2)nn1. The third-order valence-corrected chi connectivity index (χ3v) is 4.23. The molecule has 0 radical (unpaired) electrons. The number of rotatable bonds is 6. The first kappa shape index (κ1) is 19.6. The van der Waals surface area contributed by atoms with Crippen LogP contribution >= 0.6 is 15.9 Å². The Labute approximate surface area is 170 Å². The van der Waals surface area contributed by atoms with Gasteiger partial charge in [-0.15, -0.1) is 5.10 Å². The van der Waals surface area contributed by atoms with Gasteiger partial charge >= 0.3 is 0 Å². The monoisotopic (exact) mass is 443 g/mol. The second kappa shape index (κ2) is 9.14. The van der Waals surface area contributed by atoms with Gasteiger partial charge in [0.15, 0.2) is 11.8 Å². The lowest BCUT2D eigenvalue weighted by Gasteiger charge is -2.14. The maximum Gasteiger partial charge on any atom is 0.291 e. The van der Waals surface area contributed by atoms with Gasteiger partial charge < -0.3 is 4.74 Å². The molecule has 1 heterocycles. The fourth-order valence-electron chi connectivity index (χ4n) is 2.33. The zero-order valence-electron chi connectivity index (χ0n) is 15.0. The fourth-order valence-corrected chi connectivity index (χ4v) is 2.71. The zero-order valence-corrected chi connectivity index (χ0v) is 16.6. The van der Waals surface area contributed by atoms with E-state index in [4.69, 9.17) is 4.74 Å². The molecule has 0 saturated heterocycles. The van der Waals surface area contributed by atoms with Crippen LogP contribution in [0.4, 0.5) is 0 Å². The number of amides is 2. The van der Waals surface area contributed by atoms with Crippen LogP contribution in [0.2, 0.25) is 0 Å². The van der Waals surface area contributed by atoms with Crippen molar-refractivity contribution in [1.29, 1.82) is 0 Å². The lowest BCUT2D eigenvalue weighted by molar-refractivity contribution is -0.128. The Hall–Kier alpha value is -3.20. The van der Waals surface area contributed by atoms with E-state index >= 15 is 0 Å². The molecule has 2 amide bonds. The zero-order chi connectivity index (χ0) is 19.9. The molecule has 0 aliphatic rings. The molecule has 3 aromatic rings. The van der Waals surface area contributed by atoms with Gasteiger partial charge in [0.2, 0.25) is 0 Å². The number of hydrogen-bond donors (Lipinski definition) is 2. The molecule has 0 saturated carbocycles. The van der Waals surface area contributed by atoms with Crippen molar-refractivity contribution in [2.75, 3.05) is 0 Å². The highest BCUT2D eigenvalue weighted by Gasteiger charge is 2.17. The van der Waals surface area contributed by atoms with Crippen molar-refractivity contribution >= 4 is 27.7 Å². The summed E-state index contributed by atoms with van der Waals surface area (Å²) < 4.78 is 7.92. The Morgan fingerprint density at radius 2 is 1.93 bits per heavy atom. The Morgan fingerprint density at radius 1 is 1.14 bits per heavy atom. The molecule has 2 aromatic carbocycles. The number of carbonyl (C=O) groups is 2. The molecule has 0 spiro atoms. The number of nitrogens with zero attached hydrogens (tertiary/aromatic N) is 3. The van der Waals surface area contributed by atoms with Crippen molar-refractivity contribution in [3.8, 4) is 5.75 Å². The van der Waals surface area contributed by atoms with Crippen LogP contribution in [-0.4, -0.2) is 32.9 Å². The summed E-state index contributed by atoms with van der Waals surface area (Å²) in [6, 6.07) is 16.8. The summed E-state index contributed by atoms with van der Waals surface area (Å²) in [4.78, 5) is 24.3. The Bertz CT molecular complexity index is 961. The standard InChI is InChI=1S/C19H18BrN5O3/c1-13(28-16-9-5-8-15(20)10-16)18(26)22-23-19(27)17-12-25(24-21-17)11-14-6-3-2-4-7-14/h2-10,12-13H,11H2,1H3,(H,22,26)(H,23,27). The minimum absolute atomic E-state index is 0.0943. The summed E-state index contributed by atoms with van der Waals surface area (Å²) in [5, 5.41) is 7.75. The van der Waals surface area contributed by atoms with E-state index in [2.05, 4.69) is 37.1 Å². The van der Waals surface area contributed by atoms with Crippen molar-refractivity contribution in [1.82, 2.24) is 25.8 Å². The summed E-state index contributed by atoms with van der Waals surface area (Å²) in [7, 11) is 0. The average Bonchev–Trinajstić information content (AvgIpc) is 3.15. The van der Waals surface area contributed by atoms with Crippen LogP contribution in [0, 0.1) is 0 Å². The number of nitrogens with one attached hydrogen (secondary N) is 2. The van der Waals surface area contributed by atoms with Crippen LogP contribution in [0.15, 0.2) is 65.3 Å². The number of ether oxygens (including phenoxy) is 1. The first-order chi connectivity index (χ1) is 13.5. The number of hydrogen-bond acceptors (Lipinski definition) is 5. The van der Waals surface area contributed by atoms with Gasteiger partial charge in [-0.05, 0) is 30.7 Å².